The van der Waals surface area contributed by atoms with Gasteiger partial charge in [0, 0.05) is 0 Å². The molecule has 0 rings (SSSR count). The molecule has 9 nitrogen and oxygen atoms in total. The largest absolute Gasteiger partial charge is 1.00 e. The Bertz CT molecular complexity index is 455. The SMILES string of the molecule is N#[C][Fe-3]([C]#N)([C]#N)([C]#N)([C]#N)[C]#N.O=N[O-].[K+].[Na+].[Na+].[Na+]. The monoisotopic (exact) mass is 366 g/mol. The van der Waals surface area contributed by atoms with Crippen molar-refractivity contribution in [2.75, 3.05) is 0 Å². The van der Waals surface area contributed by atoms with Crippen LogP contribution in [0.1, 0.15) is 0 Å². The van der Waals surface area contributed by atoms with Gasteiger partial charge in [0.25, 0.3) is 0 Å². The van der Waals surface area contributed by atoms with E-state index in [1.807, 2.05) is 0 Å². The van der Waals surface area contributed by atoms with Crippen molar-refractivity contribution in [2.45, 2.75) is 0 Å². The Labute approximate surface area is 222 Å². The molecular weight excluding hydrogens is 366 g/mol. The smallest absolute Gasteiger partial charge is 0.444 e. The number of hydrogen-bond acceptors (Lipinski definition) is 9. The molecule has 0 amide bonds. The molecule has 14 heteroatoms. The fraction of sp³-hybridized carbons (Fsp3) is 0. The third kappa shape index (κ3) is 6.72. The summed E-state index contributed by atoms with van der Waals surface area (Å²) in [6.45, 7) is 0. The van der Waals surface area contributed by atoms with Crippen LogP contribution in [0.25, 0.3) is 0 Å². The van der Waals surface area contributed by atoms with E-state index in [0.717, 1.165) is 35.1 Å². The van der Waals surface area contributed by atoms with Gasteiger partial charge in [-0.2, -0.15) is 0 Å². The maximum atomic E-state index is 8.58. The van der Waals surface area contributed by atoms with Gasteiger partial charge in [0.15, 0.2) is 0 Å². The molecule has 0 bridgehead atoms. The van der Waals surface area contributed by atoms with Crippen molar-refractivity contribution in [3.63, 3.8) is 0 Å². The van der Waals surface area contributed by atoms with E-state index < -0.39 is 10.7 Å². The standard InChI is InChI=1S/6CN.Fe.K.HNO2.3Na/c6*1-2;;;2-1-3;;;/h;;;;;;;;(H,2,3);;;/q;;;;;;-3;+1;;3*+1/p-1. The Morgan fingerprint density at radius 2 is 0.800 bits per heavy atom. The van der Waals surface area contributed by atoms with E-state index in [-0.39, 0.29) is 140 Å². The van der Waals surface area contributed by atoms with E-state index in [4.69, 9.17) is 41.7 Å². The van der Waals surface area contributed by atoms with E-state index in [1.165, 1.54) is 0 Å². The molecule has 83 valence electrons. The van der Waals surface area contributed by atoms with Gasteiger partial charge in [0.05, 0.1) is 0 Å². The van der Waals surface area contributed by atoms with Crippen molar-refractivity contribution in [3.8, 4) is 29.8 Å². The second-order valence-electron chi connectivity index (χ2n) is 1.87. The van der Waals surface area contributed by atoms with Crippen LogP contribution in [-0.4, -0.2) is 0 Å². The molecule has 0 aromatic rings. The Kier molecular flexibility index (Phi) is 26.5. The first-order valence-electron chi connectivity index (χ1n) is 2.77. The second kappa shape index (κ2) is 14.1. The van der Waals surface area contributed by atoms with Gasteiger partial charge in [-0.3, -0.25) is 0 Å². The summed E-state index contributed by atoms with van der Waals surface area (Å²) in [7, 11) is -6.17. The molecule has 0 aliphatic rings. The summed E-state index contributed by atoms with van der Waals surface area (Å²) in [5, 5.41) is 60.5. The van der Waals surface area contributed by atoms with Gasteiger partial charge in [-0.15, -0.1) is 5.34 Å². The topological polar surface area (TPSA) is 195 Å². The minimum atomic E-state index is -6.17. The summed E-state index contributed by atoms with van der Waals surface area (Å²) >= 11 is 0. The van der Waals surface area contributed by atoms with Crippen LogP contribution < -0.4 is 140 Å². The Hall–Kier alpha value is 1.50. The van der Waals surface area contributed by atoms with Gasteiger partial charge in [0.1, 0.15) is 0 Å². The summed E-state index contributed by atoms with van der Waals surface area (Å²) < 4.78 is 0. The van der Waals surface area contributed by atoms with Crippen LogP contribution in [0.4, 0.5) is 0 Å². The molecule has 0 saturated carbocycles. The third-order valence-electron chi connectivity index (χ3n) is 1.19. The Morgan fingerprint density at radius 1 is 0.700 bits per heavy atom. The molecule has 0 fully saturated rings. The average Bonchev–Trinajstić information content (AvgIpc) is 2.37. The van der Waals surface area contributed by atoms with Crippen LogP contribution in [0.3, 0.4) is 0 Å². The van der Waals surface area contributed by atoms with Gasteiger partial charge in [-0.25, -0.2) is 0 Å². The summed E-state index contributed by atoms with van der Waals surface area (Å²) in [6, 6.07) is 0. The summed E-state index contributed by atoms with van der Waals surface area (Å²) in [5.74, 6) is 0. The van der Waals surface area contributed by atoms with E-state index in [0.29, 0.717) is 0 Å². The summed E-state index contributed by atoms with van der Waals surface area (Å²) in [6.07, 6.45) is 0. The van der Waals surface area contributed by atoms with E-state index in [9.17, 15) is 0 Å². The minimum Gasteiger partial charge on any atom is -0.444 e. The zero-order valence-corrected chi connectivity index (χ0v) is 21.5. The molecule has 0 radical (unpaired) electrons. The average molecular weight is 366 g/mol. The predicted octanol–water partition coefficient (Wildman–Crippen LogP) is -11.6. The summed E-state index contributed by atoms with van der Waals surface area (Å²) in [4.78, 5) is 14.2. The van der Waals surface area contributed by atoms with Crippen molar-refractivity contribution in [1.82, 2.24) is 0 Å². The normalized spacial score (nSPS) is 9.30. The molecule has 0 heterocycles. The first kappa shape index (κ1) is 37.6. The molecule has 0 saturated heterocycles. The van der Waals surface area contributed by atoms with Crippen LogP contribution in [0.2, 0.25) is 0 Å². The summed E-state index contributed by atoms with van der Waals surface area (Å²) in [5.41, 5.74) is 0. The van der Waals surface area contributed by atoms with Gasteiger partial charge < -0.3 is 10.1 Å². The van der Waals surface area contributed by atoms with E-state index >= 15 is 0 Å². The molecule has 0 aromatic carbocycles. The van der Waals surface area contributed by atoms with Gasteiger partial charge in [0.2, 0.25) is 0 Å². The quantitative estimate of drug-likeness (QED) is 0.229. The molecule has 0 aliphatic heterocycles. The molecule has 0 spiro atoms. The van der Waals surface area contributed by atoms with Crippen LogP contribution in [-0.2, 0) is 10.7 Å². The fourth-order valence-corrected chi connectivity index (χ4v) is 1.09. The van der Waals surface area contributed by atoms with Crippen molar-refractivity contribution in [2.24, 2.45) is 5.34 Å². The second-order valence-corrected chi connectivity index (χ2v) is 7.50. The fourth-order valence-electron chi connectivity index (χ4n) is 0.265. The minimum absolute atomic E-state index is 0. The molecule has 0 aliphatic carbocycles. The van der Waals surface area contributed by atoms with Crippen molar-refractivity contribution in [3.05, 3.63) is 10.1 Å². The predicted molar refractivity (Wildman–Crippen MR) is 42.8 cm³/mol. The first-order valence-corrected chi connectivity index (χ1v) is 6.08. The number of nitriles is 6. The van der Waals surface area contributed by atoms with Crippen molar-refractivity contribution >= 4 is 0 Å². The number of hydrogen-bond donors (Lipinski definition) is 0. The van der Waals surface area contributed by atoms with Gasteiger partial charge in [-0.1, -0.05) is 0 Å². The maximum Gasteiger partial charge on any atom is 1.00 e. The number of nitrogens with zero attached hydrogens (tertiary/aromatic N) is 7. The molecular formula is C6FeKN7Na3O2. The van der Waals surface area contributed by atoms with Crippen LogP contribution in [0, 0.1) is 71.5 Å². The maximum absolute atomic E-state index is 8.58. The Morgan fingerprint density at radius 3 is 0.800 bits per heavy atom. The molecule has 0 unspecified atom stereocenters. The van der Waals surface area contributed by atoms with Gasteiger partial charge in [-0.05, 0) is 0 Å². The number of rotatable bonds is 0. The van der Waals surface area contributed by atoms with Crippen LogP contribution >= 0.6 is 0 Å². The molecule has 0 atom stereocenters. The zero-order valence-electron chi connectivity index (χ0n) is 11.3. The molecule has 20 heavy (non-hydrogen) atoms. The first-order chi connectivity index (χ1) is 7.39. The van der Waals surface area contributed by atoms with E-state index in [2.05, 4.69) is 0 Å². The molecule has 0 aromatic heterocycles. The zero-order chi connectivity index (χ0) is 13.4. The Balaban J connectivity index is -0.0000000641. The van der Waals surface area contributed by atoms with Crippen LogP contribution in [0.15, 0.2) is 5.34 Å². The molecule has 0 N–H and O–H groups in total. The van der Waals surface area contributed by atoms with Crippen molar-refractivity contribution in [1.29, 1.82) is 31.6 Å². The van der Waals surface area contributed by atoms with Crippen LogP contribution in [0.5, 0.6) is 0 Å². The van der Waals surface area contributed by atoms with Gasteiger partial charge >= 0.3 is 212 Å². The van der Waals surface area contributed by atoms with E-state index in [1.54, 1.807) is 0 Å². The third-order valence-corrected chi connectivity index (χ3v) is 4.89. The van der Waals surface area contributed by atoms with Crippen molar-refractivity contribution < 1.29 is 151 Å².